The zero-order valence-electron chi connectivity index (χ0n) is 25.0. The fourth-order valence-corrected chi connectivity index (χ4v) is 5.11. The first-order valence-corrected chi connectivity index (χ1v) is 14.4. The predicted molar refractivity (Wildman–Crippen MR) is 182 cm³/mol. The summed E-state index contributed by atoms with van der Waals surface area (Å²) in [7, 11) is 8.16. The van der Waals surface area contributed by atoms with Gasteiger partial charge in [-0.3, -0.25) is 0 Å². The minimum Gasteiger partial charge on any atom is -0.456 e. The molecule has 0 fully saturated rings. The van der Waals surface area contributed by atoms with E-state index in [2.05, 4.69) is 113 Å². The zero-order chi connectivity index (χ0) is 29.8. The first-order valence-electron chi connectivity index (χ1n) is 14.4. The van der Waals surface area contributed by atoms with Crippen LogP contribution in [0.15, 0.2) is 138 Å². The summed E-state index contributed by atoms with van der Waals surface area (Å²) in [4.78, 5) is 4.17. The average molecular weight is 564 g/mol. The largest absolute Gasteiger partial charge is 0.456 e. The maximum Gasteiger partial charge on any atom is 0.363 e. The van der Waals surface area contributed by atoms with Crippen LogP contribution < -0.4 is 14.5 Å². The van der Waals surface area contributed by atoms with Crippen molar-refractivity contribution >= 4 is 39.8 Å². The summed E-state index contributed by atoms with van der Waals surface area (Å²) < 4.78 is 12.8. The molecular weight excluding hydrogens is 528 g/mol. The van der Waals surface area contributed by atoms with Gasteiger partial charge in [-0.15, -0.1) is 0 Å². The van der Waals surface area contributed by atoms with Crippen LogP contribution in [0.25, 0.3) is 39.7 Å². The van der Waals surface area contributed by atoms with Crippen molar-refractivity contribution in [2.45, 2.75) is 0 Å². The van der Waals surface area contributed by atoms with Gasteiger partial charge in [0.1, 0.15) is 11.5 Å². The van der Waals surface area contributed by atoms with Gasteiger partial charge in [-0.05, 0) is 48.0 Å². The van der Waals surface area contributed by atoms with E-state index < -0.39 is 0 Å². The summed E-state index contributed by atoms with van der Waals surface area (Å²) >= 11 is 0. The molecule has 0 bridgehead atoms. The van der Waals surface area contributed by atoms with Crippen LogP contribution >= 0.6 is 0 Å². The summed E-state index contributed by atoms with van der Waals surface area (Å²) in [6.07, 6.45) is 12.6. The van der Waals surface area contributed by atoms with Crippen molar-refractivity contribution in [1.29, 1.82) is 0 Å². The van der Waals surface area contributed by atoms with Crippen LogP contribution in [0.4, 0.5) is 11.4 Å². The standard InChI is InChI=1S/C39H35N2O2/c1-40(2)32-20-22-34-30(24-36(42-38(34)26-32)28-14-8-5-9-15-28)18-12-7-13-19-31-25-37(29-16-10-6-11-17-29)43-39-27-33(41(3)4)21-23-35(31)39/h5-27H,1-4H3/q+1. The topological polar surface area (TPSA) is 27.0 Å². The lowest BCUT2D eigenvalue weighted by atomic mass is 9.98. The van der Waals surface area contributed by atoms with Crippen molar-refractivity contribution in [2.24, 2.45) is 0 Å². The Morgan fingerprint density at radius 2 is 1.33 bits per heavy atom. The Hall–Kier alpha value is -5.35. The van der Waals surface area contributed by atoms with Gasteiger partial charge in [0.15, 0.2) is 0 Å². The molecule has 4 nitrogen and oxygen atoms in total. The highest BCUT2D eigenvalue weighted by molar-refractivity contribution is 5.91. The molecule has 43 heavy (non-hydrogen) atoms. The molecule has 0 saturated carbocycles. The van der Waals surface area contributed by atoms with Gasteiger partial charge in [-0.1, -0.05) is 78.9 Å². The summed E-state index contributed by atoms with van der Waals surface area (Å²) in [5, 5.41) is 1.07. The third-order valence-corrected chi connectivity index (χ3v) is 7.49. The monoisotopic (exact) mass is 563 g/mol. The van der Waals surface area contributed by atoms with Crippen LogP contribution in [0, 0.1) is 0 Å². The summed E-state index contributed by atoms with van der Waals surface area (Å²) in [5.41, 5.74) is 8.41. The van der Waals surface area contributed by atoms with Gasteiger partial charge < -0.3 is 14.5 Å². The van der Waals surface area contributed by atoms with E-state index in [1.165, 1.54) is 0 Å². The molecule has 212 valence electrons. The van der Waals surface area contributed by atoms with Crippen LogP contribution in [0.1, 0.15) is 16.7 Å². The molecule has 1 aliphatic heterocycles. The fourth-order valence-electron chi connectivity index (χ4n) is 5.11. The van der Waals surface area contributed by atoms with Crippen LogP contribution in [-0.2, 0) is 0 Å². The van der Waals surface area contributed by atoms with E-state index in [9.17, 15) is 0 Å². The number of fused-ring (bicyclic) bond motifs is 2. The second-order valence-electron chi connectivity index (χ2n) is 10.9. The maximum absolute atomic E-state index is 6.38. The van der Waals surface area contributed by atoms with Crippen LogP contribution in [0.3, 0.4) is 0 Å². The van der Waals surface area contributed by atoms with Gasteiger partial charge in [0, 0.05) is 62.3 Å². The number of hydrogen-bond donors (Lipinski definition) is 0. The highest BCUT2D eigenvalue weighted by Crippen LogP contribution is 2.39. The molecule has 0 amide bonds. The fraction of sp³-hybridized carbons (Fsp3) is 0.103. The normalized spacial score (nSPS) is 13.8. The number of ether oxygens (including phenoxy) is 1. The van der Waals surface area contributed by atoms with Gasteiger partial charge in [-0.2, -0.15) is 0 Å². The SMILES string of the molecule is CN(C)c1ccc2c(c1)OC(c1ccccc1)=C\C2=C/C=C/C=C/c1cc(-c2ccccc2)[o+]c2cc(N(C)C)ccc12. The summed E-state index contributed by atoms with van der Waals surface area (Å²) in [6, 6.07) is 35.3. The van der Waals surface area contributed by atoms with E-state index in [-0.39, 0.29) is 0 Å². The Bertz CT molecular complexity index is 1880. The molecule has 0 saturated heterocycles. The Kier molecular flexibility index (Phi) is 7.92. The Morgan fingerprint density at radius 3 is 2.05 bits per heavy atom. The number of anilines is 2. The Balaban J connectivity index is 1.34. The van der Waals surface area contributed by atoms with Gasteiger partial charge in [-0.25, -0.2) is 4.42 Å². The molecule has 2 heterocycles. The quantitative estimate of drug-likeness (QED) is 0.146. The number of hydrogen-bond acceptors (Lipinski definition) is 3. The van der Waals surface area contributed by atoms with Crippen molar-refractivity contribution < 1.29 is 9.15 Å². The molecule has 0 unspecified atom stereocenters. The number of benzene rings is 4. The third kappa shape index (κ3) is 6.14. The second-order valence-corrected chi connectivity index (χ2v) is 10.9. The Morgan fingerprint density at radius 1 is 0.651 bits per heavy atom. The van der Waals surface area contributed by atoms with Crippen molar-refractivity contribution in [3.8, 4) is 17.1 Å². The van der Waals surface area contributed by atoms with E-state index in [0.29, 0.717) is 0 Å². The highest BCUT2D eigenvalue weighted by Gasteiger charge is 2.20. The van der Waals surface area contributed by atoms with Crippen molar-refractivity contribution in [3.05, 3.63) is 150 Å². The lowest BCUT2D eigenvalue weighted by Gasteiger charge is -2.23. The maximum atomic E-state index is 6.38. The molecule has 0 N–H and O–H groups in total. The molecule has 6 rings (SSSR count). The predicted octanol–water partition coefficient (Wildman–Crippen LogP) is 9.60. The zero-order valence-corrected chi connectivity index (χ0v) is 25.0. The van der Waals surface area contributed by atoms with E-state index >= 15 is 0 Å². The summed E-state index contributed by atoms with van der Waals surface area (Å²) in [5.74, 6) is 2.53. The van der Waals surface area contributed by atoms with Crippen LogP contribution in [0.5, 0.6) is 5.75 Å². The minimum absolute atomic E-state index is 0.837. The average Bonchev–Trinajstić information content (AvgIpc) is 3.04. The van der Waals surface area contributed by atoms with Crippen molar-refractivity contribution in [2.75, 3.05) is 38.0 Å². The first kappa shape index (κ1) is 27.8. The van der Waals surface area contributed by atoms with Gasteiger partial charge in [0.2, 0.25) is 0 Å². The third-order valence-electron chi connectivity index (χ3n) is 7.49. The number of rotatable bonds is 7. The Labute approximate surface area is 253 Å². The molecule has 0 aliphatic carbocycles. The molecular formula is C39H35N2O2+. The smallest absolute Gasteiger partial charge is 0.363 e. The molecule has 1 aliphatic rings. The van der Waals surface area contributed by atoms with Gasteiger partial charge in [0.05, 0.1) is 23.1 Å². The molecule has 0 spiro atoms. The lowest BCUT2D eigenvalue weighted by molar-refractivity contribution is 0.509. The minimum atomic E-state index is 0.837. The van der Waals surface area contributed by atoms with E-state index in [1.54, 1.807) is 0 Å². The van der Waals surface area contributed by atoms with E-state index in [1.807, 2.05) is 64.6 Å². The summed E-state index contributed by atoms with van der Waals surface area (Å²) in [6.45, 7) is 0. The van der Waals surface area contributed by atoms with E-state index in [4.69, 9.17) is 9.15 Å². The second kappa shape index (κ2) is 12.3. The van der Waals surface area contributed by atoms with Crippen molar-refractivity contribution in [1.82, 2.24) is 0 Å². The lowest BCUT2D eigenvalue weighted by Crippen LogP contribution is -2.10. The number of allylic oxidation sites excluding steroid dienone is 6. The van der Waals surface area contributed by atoms with Gasteiger partial charge in [0.25, 0.3) is 0 Å². The molecule has 1 aromatic heterocycles. The van der Waals surface area contributed by atoms with Crippen molar-refractivity contribution in [3.63, 3.8) is 0 Å². The molecule has 0 radical (unpaired) electrons. The van der Waals surface area contributed by atoms with Crippen LogP contribution in [-0.4, -0.2) is 28.2 Å². The van der Waals surface area contributed by atoms with E-state index in [0.717, 1.165) is 67.4 Å². The van der Waals surface area contributed by atoms with Crippen LogP contribution in [0.2, 0.25) is 0 Å². The van der Waals surface area contributed by atoms with Gasteiger partial charge >= 0.3 is 11.3 Å². The molecule has 4 heteroatoms. The molecule has 4 aromatic carbocycles. The highest BCUT2D eigenvalue weighted by atomic mass is 16.5. The number of nitrogens with zero attached hydrogens (tertiary/aromatic N) is 2. The first-order chi connectivity index (χ1) is 21.0. The molecule has 0 atom stereocenters. The molecule has 5 aromatic rings.